The van der Waals surface area contributed by atoms with Crippen LogP contribution in [0, 0.1) is 0 Å². The number of rotatable bonds is 5. The number of aromatic nitrogens is 2. The molecule has 0 saturated carbocycles. The molecule has 1 aromatic heterocycles. The molecule has 0 bridgehead atoms. The van der Waals surface area contributed by atoms with E-state index in [0.29, 0.717) is 10.1 Å². The van der Waals surface area contributed by atoms with E-state index in [1.54, 1.807) is 0 Å². The van der Waals surface area contributed by atoms with Gasteiger partial charge in [0.15, 0.2) is 0 Å². The fourth-order valence-electron chi connectivity index (χ4n) is 1.95. The molecule has 0 spiro atoms. The van der Waals surface area contributed by atoms with Crippen LogP contribution in [0.1, 0.15) is 10.4 Å². The number of anilines is 1. The molecular formula is C16H11F2N3O2S. The van der Waals surface area contributed by atoms with Crippen molar-refractivity contribution in [1.82, 2.24) is 10.2 Å². The van der Waals surface area contributed by atoms with Gasteiger partial charge in [0.1, 0.15) is 10.8 Å². The van der Waals surface area contributed by atoms with Crippen molar-refractivity contribution in [1.29, 1.82) is 0 Å². The first kappa shape index (κ1) is 16.0. The number of nitrogens with one attached hydrogen (secondary N) is 1. The highest BCUT2D eigenvalue weighted by molar-refractivity contribution is 7.18. The number of halogens is 2. The van der Waals surface area contributed by atoms with Crippen LogP contribution in [0.4, 0.5) is 13.9 Å². The quantitative estimate of drug-likeness (QED) is 0.756. The Morgan fingerprint density at radius 3 is 2.62 bits per heavy atom. The molecule has 8 heteroatoms. The molecule has 1 heterocycles. The van der Waals surface area contributed by atoms with E-state index in [2.05, 4.69) is 20.3 Å². The van der Waals surface area contributed by atoms with Crippen molar-refractivity contribution in [3.05, 3.63) is 60.2 Å². The van der Waals surface area contributed by atoms with Gasteiger partial charge in [-0.1, -0.05) is 47.7 Å². The maximum atomic E-state index is 12.2. The van der Waals surface area contributed by atoms with Crippen molar-refractivity contribution in [2.24, 2.45) is 0 Å². The van der Waals surface area contributed by atoms with Crippen molar-refractivity contribution < 1.29 is 18.3 Å². The first-order valence-corrected chi connectivity index (χ1v) is 7.68. The Hall–Kier alpha value is -2.87. The summed E-state index contributed by atoms with van der Waals surface area (Å²) in [6.45, 7) is -2.94. The average Bonchev–Trinajstić information content (AvgIpc) is 3.04. The Kier molecular flexibility index (Phi) is 4.76. The van der Waals surface area contributed by atoms with Gasteiger partial charge in [-0.15, -0.1) is 10.2 Å². The van der Waals surface area contributed by atoms with Gasteiger partial charge < -0.3 is 4.74 Å². The summed E-state index contributed by atoms with van der Waals surface area (Å²) in [5.74, 6) is -0.564. The zero-order chi connectivity index (χ0) is 16.9. The largest absolute Gasteiger partial charge is 0.435 e. The molecule has 3 rings (SSSR count). The lowest BCUT2D eigenvalue weighted by atomic mass is 10.2. The summed E-state index contributed by atoms with van der Waals surface area (Å²) in [5, 5.41) is 11.5. The molecule has 3 aromatic rings. The molecule has 0 aliphatic heterocycles. The van der Waals surface area contributed by atoms with Crippen LogP contribution >= 0.6 is 11.3 Å². The van der Waals surface area contributed by atoms with Crippen molar-refractivity contribution >= 4 is 22.4 Å². The van der Waals surface area contributed by atoms with Crippen LogP contribution in [0.25, 0.3) is 10.6 Å². The lowest BCUT2D eigenvalue weighted by Crippen LogP contribution is -2.12. The van der Waals surface area contributed by atoms with Crippen LogP contribution < -0.4 is 10.1 Å². The fraction of sp³-hybridized carbons (Fsp3) is 0.0625. The molecule has 5 nitrogen and oxygen atoms in total. The molecule has 0 atom stereocenters. The Balaban J connectivity index is 1.72. The molecular weight excluding hydrogens is 336 g/mol. The van der Waals surface area contributed by atoms with Crippen LogP contribution in [0.3, 0.4) is 0 Å². The maximum absolute atomic E-state index is 12.2. The Bertz CT molecular complexity index is 840. The molecule has 1 N–H and O–H groups in total. The van der Waals surface area contributed by atoms with Gasteiger partial charge in [0.2, 0.25) is 5.13 Å². The summed E-state index contributed by atoms with van der Waals surface area (Å²) in [4.78, 5) is 12.2. The van der Waals surface area contributed by atoms with E-state index in [9.17, 15) is 13.6 Å². The SMILES string of the molecule is O=C(Nc1nnc(-c2ccccc2)s1)c1cccc(OC(F)F)c1. The van der Waals surface area contributed by atoms with E-state index in [4.69, 9.17) is 0 Å². The maximum Gasteiger partial charge on any atom is 0.387 e. The molecule has 122 valence electrons. The summed E-state index contributed by atoms with van der Waals surface area (Å²) < 4.78 is 28.7. The summed E-state index contributed by atoms with van der Waals surface area (Å²) >= 11 is 1.22. The van der Waals surface area contributed by atoms with E-state index in [-0.39, 0.29) is 11.3 Å². The number of ether oxygens (including phenoxy) is 1. The minimum Gasteiger partial charge on any atom is -0.435 e. The summed E-state index contributed by atoms with van der Waals surface area (Å²) in [6, 6.07) is 15.0. The summed E-state index contributed by atoms with van der Waals surface area (Å²) in [6.07, 6.45) is 0. The predicted octanol–water partition coefficient (Wildman–Crippen LogP) is 4.06. The summed E-state index contributed by atoms with van der Waals surface area (Å²) in [7, 11) is 0. The standard InChI is InChI=1S/C16H11F2N3O2S/c17-15(18)23-12-8-4-7-11(9-12)13(22)19-16-21-20-14(24-16)10-5-2-1-3-6-10/h1-9,15H,(H,19,21,22). The topological polar surface area (TPSA) is 64.1 Å². The molecule has 0 aliphatic rings. The second-order valence-corrected chi connectivity index (χ2v) is 5.62. The number of carbonyl (C=O) groups excluding carboxylic acids is 1. The zero-order valence-electron chi connectivity index (χ0n) is 12.1. The fourth-order valence-corrected chi connectivity index (χ4v) is 2.70. The Labute approximate surface area is 139 Å². The molecule has 2 aromatic carbocycles. The van der Waals surface area contributed by atoms with Gasteiger partial charge in [0, 0.05) is 11.1 Å². The van der Waals surface area contributed by atoms with Crippen molar-refractivity contribution in [2.75, 3.05) is 5.32 Å². The number of carbonyl (C=O) groups is 1. The van der Waals surface area contributed by atoms with Crippen LogP contribution in [0.15, 0.2) is 54.6 Å². The number of alkyl halides is 2. The van der Waals surface area contributed by atoms with Crippen molar-refractivity contribution in [3.63, 3.8) is 0 Å². The minimum absolute atomic E-state index is 0.0834. The number of benzene rings is 2. The molecule has 0 unspecified atom stereocenters. The number of amides is 1. The zero-order valence-corrected chi connectivity index (χ0v) is 13.0. The van der Waals surface area contributed by atoms with Crippen LogP contribution in [0.2, 0.25) is 0 Å². The van der Waals surface area contributed by atoms with Gasteiger partial charge in [-0.05, 0) is 18.2 Å². The molecule has 24 heavy (non-hydrogen) atoms. The second kappa shape index (κ2) is 7.14. The molecule has 0 fully saturated rings. The first-order valence-electron chi connectivity index (χ1n) is 6.87. The predicted molar refractivity (Wildman–Crippen MR) is 86.4 cm³/mol. The third kappa shape index (κ3) is 3.90. The molecule has 0 aliphatic carbocycles. The minimum atomic E-state index is -2.94. The van der Waals surface area contributed by atoms with E-state index >= 15 is 0 Å². The monoisotopic (exact) mass is 347 g/mol. The normalized spacial score (nSPS) is 10.6. The lowest BCUT2D eigenvalue weighted by molar-refractivity contribution is -0.0498. The van der Waals surface area contributed by atoms with Crippen LogP contribution in [0.5, 0.6) is 5.75 Å². The summed E-state index contributed by atoms with van der Waals surface area (Å²) in [5.41, 5.74) is 1.08. The van der Waals surface area contributed by atoms with Crippen molar-refractivity contribution in [2.45, 2.75) is 6.61 Å². The highest BCUT2D eigenvalue weighted by Gasteiger charge is 2.13. The smallest absolute Gasteiger partial charge is 0.387 e. The van der Waals surface area contributed by atoms with E-state index in [0.717, 1.165) is 5.56 Å². The van der Waals surface area contributed by atoms with Gasteiger partial charge in [-0.3, -0.25) is 10.1 Å². The van der Waals surface area contributed by atoms with Gasteiger partial charge in [0.25, 0.3) is 5.91 Å². The molecule has 0 radical (unpaired) electrons. The van der Waals surface area contributed by atoms with E-state index in [1.807, 2.05) is 30.3 Å². The van der Waals surface area contributed by atoms with Gasteiger partial charge in [-0.25, -0.2) is 0 Å². The first-order chi connectivity index (χ1) is 11.6. The molecule has 1 amide bonds. The highest BCUT2D eigenvalue weighted by Crippen LogP contribution is 2.26. The van der Waals surface area contributed by atoms with Crippen LogP contribution in [-0.4, -0.2) is 22.7 Å². The van der Waals surface area contributed by atoms with Gasteiger partial charge in [-0.2, -0.15) is 8.78 Å². The van der Waals surface area contributed by atoms with Gasteiger partial charge in [0.05, 0.1) is 0 Å². The third-order valence-electron chi connectivity index (χ3n) is 2.99. The Morgan fingerprint density at radius 1 is 1.08 bits per heavy atom. The number of nitrogens with zero attached hydrogens (tertiary/aromatic N) is 2. The van der Waals surface area contributed by atoms with Crippen molar-refractivity contribution in [3.8, 4) is 16.3 Å². The van der Waals surface area contributed by atoms with Crippen LogP contribution in [-0.2, 0) is 0 Å². The second-order valence-electron chi connectivity index (χ2n) is 4.64. The lowest BCUT2D eigenvalue weighted by Gasteiger charge is -2.06. The molecule has 0 saturated heterocycles. The number of hydrogen-bond acceptors (Lipinski definition) is 5. The van der Waals surface area contributed by atoms with E-state index in [1.165, 1.54) is 35.6 Å². The third-order valence-corrected chi connectivity index (χ3v) is 3.88. The average molecular weight is 347 g/mol. The Morgan fingerprint density at radius 2 is 1.88 bits per heavy atom. The number of hydrogen-bond donors (Lipinski definition) is 1. The van der Waals surface area contributed by atoms with Gasteiger partial charge >= 0.3 is 6.61 Å². The highest BCUT2D eigenvalue weighted by atomic mass is 32.1. The van der Waals surface area contributed by atoms with E-state index < -0.39 is 12.5 Å².